The summed E-state index contributed by atoms with van der Waals surface area (Å²) in [7, 11) is 0. The smallest absolute Gasteiger partial charge is 0.189 e. The highest BCUT2D eigenvalue weighted by Gasteiger charge is 2.19. The van der Waals surface area contributed by atoms with Crippen molar-refractivity contribution in [1.82, 2.24) is 0 Å². The number of ether oxygens (including phenoxy) is 1. The highest BCUT2D eigenvalue weighted by Crippen LogP contribution is 2.16. The van der Waals surface area contributed by atoms with Crippen molar-refractivity contribution in [3.63, 3.8) is 0 Å². The van der Waals surface area contributed by atoms with Crippen LogP contribution in [0.4, 0.5) is 0 Å². The Morgan fingerprint density at radius 2 is 2.06 bits per heavy atom. The topological polar surface area (TPSA) is 21.6 Å². The minimum Gasteiger partial charge on any atom is -0.478 e. The molecule has 0 radical (unpaired) electrons. The Balaban J connectivity index is 1.61. The van der Waals surface area contributed by atoms with E-state index in [2.05, 4.69) is 46.8 Å². The summed E-state index contributed by atoms with van der Waals surface area (Å²) in [5.41, 5.74) is 1.33. The van der Waals surface area contributed by atoms with Gasteiger partial charge in [0, 0.05) is 4.88 Å². The molecular formula is C15H15NOS. The summed E-state index contributed by atoms with van der Waals surface area (Å²) in [6, 6.07) is 14.9. The number of rotatable bonds is 4. The monoisotopic (exact) mass is 257 g/mol. The second-order valence-electron chi connectivity index (χ2n) is 4.43. The third-order valence-corrected chi connectivity index (χ3v) is 3.86. The van der Waals surface area contributed by atoms with Gasteiger partial charge in [0.1, 0.15) is 6.61 Å². The van der Waals surface area contributed by atoms with Crippen LogP contribution in [0.3, 0.4) is 0 Å². The maximum absolute atomic E-state index is 5.67. The van der Waals surface area contributed by atoms with Gasteiger partial charge in [-0.2, -0.15) is 0 Å². The summed E-state index contributed by atoms with van der Waals surface area (Å²) in [4.78, 5) is 5.97. The molecule has 3 rings (SSSR count). The van der Waals surface area contributed by atoms with Gasteiger partial charge in [0.2, 0.25) is 0 Å². The van der Waals surface area contributed by atoms with E-state index >= 15 is 0 Å². The maximum Gasteiger partial charge on any atom is 0.189 e. The predicted octanol–water partition coefficient (Wildman–Crippen LogP) is 3.33. The van der Waals surface area contributed by atoms with Crippen LogP contribution in [-0.4, -0.2) is 18.5 Å². The molecule has 1 aliphatic heterocycles. The first-order valence-corrected chi connectivity index (χ1v) is 7.04. The van der Waals surface area contributed by atoms with E-state index in [1.54, 1.807) is 11.3 Å². The second kappa shape index (κ2) is 5.36. The summed E-state index contributed by atoms with van der Waals surface area (Å²) in [6.45, 7) is 0.718. The lowest BCUT2D eigenvalue weighted by Gasteiger charge is -2.04. The van der Waals surface area contributed by atoms with Crippen LogP contribution in [-0.2, 0) is 17.6 Å². The summed E-state index contributed by atoms with van der Waals surface area (Å²) < 4.78 is 5.67. The van der Waals surface area contributed by atoms with E-state index < -0.39 is 0 Å². The zero-order valence-electron chi connectivity index (χ0n) is 10.1. The van der Waals surface area contributed by atoms with Gasteiger partial charge in [0.25, 0.3) is 0 Å². The van der Waals surface area contributed by atoms with Crippen LogP contribution in [0.15, 0.2) is 52.8 Å². The van der Waals surface area contributed by atoms with Crippen LogP contribution in [0.1, 0.15) is 10.4 Å². The molecule has 0 unspecified atom stereocenters. The van der Waals surface area contributed by atoms with Crippen LogP contribution in [0.5, 0.6) is 0 Å². The fourth-order valence-electron chi connectivity index (χ4n) is 2.12. The quantitative estimate of drug-likeness (QED) is 0.823. The summed E-state index contributed by atoms with van der Waals surface area (Å²) in [5.74, 6) is 0.887. The van der Waals surface area contributed by atoms with E-state index in [1.807, 2.05) is 6.07 Å². The van der Waals surface area contributed by atoms with Gasteiger partial charge in [0.05, 0.1) is 12.5 Å². The van der Waals surface area contributed by atoms with Crippen molar-refractivity contribution in [3.05, 3.63) is 58.3 Å². The van der Waals surface area contributed by atoms with Crippen LogP contribution in [0, 0.1) is 0 Å². The molecule has 0 saturated carbocycles. The van der Waals surface area contributed by atoms with Gasteiger partial charge in [-0.25, -0.2) is 4.99 Å². The molecule has 2 nitrogen and oxygen atoms in total. The molecule has 0 amide bonds. The zero-order valence-corrected chi connectivity index (χ0v) is 10.9. The molecule has 1 aromatic heterocycles. The molecule has 3 heteroatoms. The molecule has 2 aromatic rings. The fourth-order valence-corrected chi connectivity index (χ4v) is 2.82. The van der Waals surface area contributed by atoms with Crippen molar-refractivity contribution >= 4 is 17.2 Å². The summed E-state index contributed by atoms with van der Waals surface area (Å²) >= 11 is 1.75. The normalized spacial score (nSPS) is 18.4. The van der Waals surface area contributed by atoms with Crippen LogP contribution >= 0.6 is 11.3 Å². The van der Waals surface area contributed by atoms with E-state index in [0.717, 1.165) is 25.3 Å². The van der Waals surface area contributed by atoms with E-state index in [-0.39, 0.29) is 6.04 Å². The number of hydrogen-bond acceptors (Lipinski definition) is 3. The lowest BCUT2D eigenvalue weighted by atomic mass is 10.1. The lowest BCUT2D eigenvalue weighted by Crippen LogP contribution is -2.09. The number of aliphatic imine (C=N–C) groups is 1. The predicted molar refractivity (Wildman–Crippen MR) is 75.3 cm³/mol. The summed E-state index contributed by atoms with van der Waals surface area (Å²) in [5, 5.41) is 2.09. The standard InChI is InChI=1S/C15H15NOS/c1-2-5-12(6-3-1)9-13-11-17-15(16-13)10-14-7-4-8-18-14/h1-8,13H,9-11H2/t13-/m1/s1. The first-order chi connectivity index (χ1) is 8.90. The molecule has 1 atom stereocenters. The molecule has 0 bridgehead atoms. The van der Waals surface area contributed by atoms with Crippen molar-refractivity contribution < 1.29 is 4.74 Å². The maximum atomic E-state index is 5.67. The third-order valence-electron chi connectivity index (χ3n) is 2.99. The summed E-state index contributed by atoms with van der Waals surface area (Å²) in [6.07, 6.45) is 1.80. The van der Waals surface area contributed by atoms with Crippen molar-refractivity contribution in [1.29, 1.82) is 0 Å². The Hall–Kier alpha value is -1.61. The highest BCUT2D eigenvalue weighted by atomic mass is 32.1. The van der Waals surface area contributed by atoms with E-state index in [9.17, 15) is 0 Å². The van der Waals surface area contributed by atoms with E-state index in [1.165, 1.54) is 10.4 Å². The fraction of sp³-hybridized carbons (Fsp3) is 0.267. The minimum absolute atomic E-state index is 0.280. The molecule has 18 heavy (non-hydrogen) atoms. The average molecular weight is 257 g/mol. The SMILES string of the molecule is c1ccc(C[C@@H]2COC(Cc3cccs3)=N2)cc1. The second-order valence-corrected chi connectivity index (χ2v) is 5.47. The number of benzene rings is 1. The lowest BCUT2D eigenvalue weighted by molar-refractivity contribution is 0.311. The third kappa shape index (κ3) is 2.79. The Bertz CT molecular complexity index is 519. The van der Waals surface area contributed by atoms with Crippen molar-refractivity contribution in [2.24, 2.45) is 4.99 Å². The molecule has 0 saturated heterocycles. The average Bonchev–Trinajstić information content (AvgIpc) is 3.03. The number of nitrogens with zero attached hydrogens (tertiary/aromatic N) is 1. The zero-order chi connectivity index (χ0) is 12.2. The molecule has 0 aliphatic carbocycles. The minimum atomic E-state index is 0.280. The van der Waals surface area contributed by atoms with Gasteiger partial charge in [-0.05, 0) is 23.4 Å². The van der Waals surface area contributed by atoms with Gasteiger partial charge >= 0.3 is 0 Å². The van der Waals surface area contributed by atoms with E-state index in [4.69, 9.17) is 4.74 Å². The molecule has 92 valence electrons. The van der Waals surface area contributed by atoms with Crippen LogP contribution < -0.4 is 0 Å². The van der Waals surface area contributed by atoms with Gasteiger partial charge in [-0.1, -0.05) is 36.4 Å². The highest BCUT2D eigenvalue weighted by molar-refractivity contribution is 7.10. The van der Waals surface area contributed by atoms with Crippen LogP contribution in [0.2, 0.25) is 0 Å². The van der Waals surface area contributed by atoms with Crippen molar-refractivity contribution in [3.8, 4) is 0 Å². The van der Waals surface area contributed by atoms with Crippen LogP contribution in [0.25, 0.3) is 0 Å². The van der Waals surface area contributed by atoms with Crippen molar-refractivity contribution in [2.45, 2.75) is 18.9 Å². The van der Waals surface area contributed by atoms with Gasteiger partial charge in [-0.15, -0.1) is 11.3 Å². The first kappa shape index (κ1) is 11.5. The molecular weight excluding hydrogens is 242 g/mol. The Labute approximate surface area is 111 Å². The van der Waals surface area contributed by atoms with E-state index in [0.29, 0.717) is 0 Å². The molecule has 1 aliphatic rings. The van der Waals surface area contributed by atoms with Gasteiger partial charge in [0.15, 0.2) is 5.90 Å². The van der Waals surface area contributed by atoms with Gasteiger partial charge in [-0.3, -0.25) is 0 Å². The number of hydrogen-bond donors (Lipinski definition) is 0. The molecule has 0 N–H and O–H groups in total. The van der Waals surface area contributed by atoms with Crippen molar-refractivity contribution in [2.75, 3.05) is 6.61 Å². The molecule has 2 heterocycles. The first-order valence-electron chi connectivity index (χ1n) is 6.16. The molecule has 1 aromatic carbocycles. The molecule has 0 fully saturated rings. The largest absolute Gasteiger partial charge is 0.478 e. The Kier molecular flexibility index (Phi) is 3.42. The van der Waals surface area contributed by atoms with Gasteiger partial charge < -0.3 is 4.74 Å². The number of thiophene rings is 1. The Morgan fingerprint density at radius 3 is 2.83 bits per heavy atom. The molecule has 0 spiro atoms. The Morgan fingerprint density at radius 1 is 1.17 bits per heavy atom.